The second-order valence-electron chi connectivity index (χ2n) is 6.62. The van der Waals surface area contributed by atoms with Crippen molar-refractivity contribution in [1.82, 2.24) is 5.43 Å². The molecular formula is C17H21BrN2O3. The summed E-state index contributed by atoms with van der Waals surface area (Å²) < 4.78 is 5.61. The van der Waals surface area contributed by atoms with Gasteiger partial charge < -0.3 is 9.84 Å². The molecule has 6 heteroatoms. The predicted molar refractivity (Wildman–Crippen MR) is 91.7 cm³/mol. The SMILES string of the molecule is COc1cc(/C=N\NC(=O)[C@@H]2[C@@H]3CCCC[C@@]23C)cc(Br)c1O. The van der Waals surface area contributed by atoms with E-state index in [1.54, 1.807) is 18.3 Å². The van der Waals surface area contributed by atoms with Crippen LogP contribution in [0.25, 0.3) is 0 Å². The summed E-state index contributed by atoms with van der Waals surface area (Å²) in [7, 11) is 1.49. The average molecular weight is 381 g/mol. The van der Waals surface area contributed by atoms with E-state index in [0.29, 0.717) is 16.1 Å². The van der Waals surface area contributed by atoms with Crippen LogP contribution in [0.4, 0.5) is 0 Å². The molecule has 1 amide bonds. The Labute approximate surface area is 144 Å². The van der Waals surface area contributed by atoms with E-state index in [-0.39, 0.29) is 23.0 Å². The highest BCUT2D eigenvalue weighted by Gasteiger charge is 2.64. The quantitative estimate of drug-likeness (QED) is 0.620. The second kappa shape index (κ2) is 6.15. The molecule has 0 aromatic heterocycles. The maximum absolute atomic E-state index is 12.3. The minimum absolute atomic E-state index is 0.0143. The van der Waals surface area contributed by atoms with Crippen molar-refractivity contribution in [2.24, 2.45) is 22.4 Å². The van der Waals surface area contributed by atoms with Crippen molar-refractivity contribution in [2.45, 2.75) is 32.6 Å². The van der Waals surface area contributed by atoms with Gasteiger partial charge in [-0.15, -0.1) is 0 Å². The van der Waals surface area contributed by atoms with E-state index in [2.05, 4.69) is 33.4 Å². The number of nitrogens with zero attached hydrogens (tertiary/aromatic N) is 1. The van der Waals surface area contributed by atoms with Gasteiger partial charge >= 0.3 is 0 Å². The first-order chi connectivity index (χ1) is 11.0. The van der Waals surface area contributed by atoms with Crippen molar-refractivity contribution >= 4 is 28.1 Å². The lowest BCUT2D eigenvalue weighted by Gasteiger charge is -2.15. The summed E-state index contributed by atoms with van der Waals surface area (Å²) >= 11 is 3.26. The van der Waals surface area contributed by atoms with Gasteiger partial charge in [0.05, 0.1) is 17.8 Å². The predicted octanol–water partition coefficient (Wildman–Crippen LogP) is 3.44. The van der Waals surface area contributed by atoms with E-state index in [0.717, 1.165) is 18.4 Å². The van der Waals surface area contributed by atoms with Gasteiger partial charge in [-0.05, 0) is 57.8 Å². The fraction of sp³-hybridized carbons (Fsp3) is 0.529. The van der Waals surface area contributed by atoms with Crippen LogP contribution in [0.5, 0.6) is 11.5 Å². The number of phenols is 1. The third-order valence-corrected chi connectivity index (χ3v) is 5.88. The first kappa shape index (κ1) is 16.3. The Kier molecular flexibility index (Phi) is 4.36. The number of carbonyl (C=O) groups is 1. The Balaban J connectivity index is 1.63. The van der Waals surface area contributed by atoms with Crippen LogP contribution in [0.15, 0.2) is 21.7 Å². The van der Waals surface area contributed by atoms with Gasteiger partial charge in [0.25, 0.3) is 0 Å². The number of phenolic OH excluding ortho intramolecular Hbond substituents is 1. The zero-order valence-corrected chi connectivity index (χ0v) is 14.9. The molecule has 3 atom stereocenters. The highest BCUT2D eigenvalue weighted by Crippen LogP contribution is 2.66. The van der Waals surface area contributed by atoms with Gasteiger partial charge in [-0.25, -0.2) is 5.43 Å². The summed E-state index contributed by atoms with van der Waals surface area (Å²) in [6.07, 6.45) is 6.30. The lowest BCUT2D eigenvalue weighted by Crippen LogP contribution is -2.22. The van der Waals surface area contributed by atoms with Crippen LogP contribution in [0, 0.1) is 17.3 Å². The Morgan fingerprint density at radius 2 is 2.30 bits per heavy atom. The first-order valence-corrected chi connectivity index (χ1v) is 8.66. The van der Waals surface area contributed by atoms with Crippen LogP contribution in [-0.2, 0) is 4.79 Å². The molecule has 2 aliphatic carbocycles. The average Bonchev–Trinajstić information content (AvgIpc) is 3.16. The normalized spacial score (nSPS) is 29.2. The fourth-order valence-electron chi connectivity index (χ4n) is 3.91. The summed E-state index contributed by atoms with van der Waals surface area (Å²) in [4.78, 5) is 12.3. The van der Waals surface area contributed by atoms with Crippen molar-refractivity contribution in [3.63, 3.8) is 0 Å². The lowest BCUT2D eigenvalue weighted by molar-refractivity contribution is -0.123. The highest BCUT2D eigenvalue weighted by atomic mass is 79.9. The number of rotatable bonds is 4. The lowest BCUT2D eigenvalue weighted by atomic mass is 9.90. The molecule has 2 aliphatic rings. The molecule has 3 rings (SSSR count). The zero-order valence-electron chi connectivity index (χ0n) is 13.3. The Hall–Kier alpha value is -1.56. The number of ether oxygens (including phenoxy) is 1. The number of carbonyl (C=O) groups excluding carboxylic acids is 1. The van der Waals surface area contributed by atoms with Gasteiger partial charge in [0.15, 0.2) is 11.5 Å². The van der Waals surface area contributed by atoms with E-state index in [1.165, 1.54) is 20.0 Å². The molecule has 0 bridgehead atoms. The van der Waals surface area contributed by atoms with Gasteiger partial charge in [-0.2, -0.15) is 5.10 Å². The van der Waals surface area contributed by atoms with Crippen LogP contribution in [0.3, 0.4) is 0 Å². The molecule has 2 N–H and O–H groups in total. The number of aromatic hydroxyl groups is 1. The van der Waals surface area contributed by atoms with E-state index in [4.69, 9.17) is 4.74 Å². The molecule has 2 saturated carbocycles. The van der Waals surface area contributed by atoms with Crippen LogP contribution >= 0.6 is 15.9 Å². The Bertz CT molecular complexity index is 661. The number of fused-ring (bicyclic) bond motifs is 1. The molecule has 23 heavy (non-hydrogen) atoms. The zero-order chi connectivity index (χ0) is 16.6. The molecule has 0 heterocycles. The topological polar surface area (TPSA) is 70.9 Å². The Morgan fingerprint density at radius 1 is 1.52 bits per heavy atom. The molecule has 0 spiro atoms. The van der Waals surface area contributed by atoms with Gasteiger partial charge in [0.2, 0.25) is 5.91 Å². The van der Waals surface area contributed by atoms with Crippen molar-refractivity contribution in [3.05, 3.63) is 22.2 Å². The van der Waals surface area contributed by atoms with Crippen LogP contribution in [-0.4, -0.2) is 24.3 Å². The molecule has 5 nitrogen and oxygen atoms in total. The first-order valence-electron chi connectivity index (χ1n) is 7.87. The number of methoxy groups -OCH3 is 1. The largest absolute Gasteiger partial charge is 0.503 e. The third-order valence-electron chi connectivity index (χ3n) is 5.27. The summed E-state index contributed by atoms with van der Waals surface area (Å²) in [5, 5.41) is 13.8. The number of halogens is 1. The molecule has 0 saturated heterocycles. The van der Waals surface area contributed by atoms with Crippen molar-refractivity contribution in [3.8, 4) is 11.5 Å². The molecule has 1 aromatic rings. The summed E-state index contributed by atoms with van der Waals surface area (Å²) in [6.45, 7) is 2.22. The molecule has 0 unspecified atom stereocenters. The van der Waals surface area contributed by atoms with Gasteiger partial charge in [-0.1, -0.05) is 19.8 Å². The van der Waals surface area contributed by atoms with E-state index in [1.807, 2.05) is 0 Å². The van der Waals surface area contributed by atoms with Crippen molar-refractivity contribution in [2.75, 3.05) is 7.11 Å². The number of nitrogens with one attached hydrogen (secondary N) is 1. The number of hydrogen-bond donors (Lipinski definition) is 2. The fourth-order valence-corrected chi connectivity index (χ4v) is 4.37. The summed E-state index contributed by atoms with van der Waals surface area (Å²) in [5.41, 5.74) is 3.57. The smallest absolute Gasteiger partial charge is 0.244 e. The number of hydrogen-bond acceptors (Lipinski definition) is 4. The third kappa shape index (κ3) is 2.96. The summed E-state index contributed by atoms with van der Waals surface area (Å²) in [6, 6.07) is 3.37. The Morgan fingerprint density at radius 3 is 2.96 bits per heavy atom. The van der Waals surface area contributed by atoms with Crippen molar-refractivity contribution < 1.29 is 14.6 Å². The van der Waals surface area contributed by atoms with Gasteiger partial charge in [-0.3, -0.25) is 4.79 Å². The standard InChI is InChI=1S/C17H21BrN2O3/c1-17-6-4-3-5-11(17)14(17)16(22)20-19-9-10-7-12(18)15(21)13(8-10)23-2/h7-9,11,14,21H,3-6H2,1-2H3,(H,20,22)/b19-9-/t11-,14-,17+/m0/s1. The molecular weight excluding hydrogens is 360 g/mol. The minimum Gasteiger partial charge on any atom is -0.503 e. The summed E-state index contributed by atoms with van der Waals surface area (Å²) in [5.74, 6) is 1.04. The number of amides is 1. The molecule has 0 radical (unpaired) electrons. The monoisotopic (exact) mass is 380 g/mol. The molecule has 124 valence electrons. The highest BCUT2D eigenvalue weighted by molar-refractivity contribution is 9.10. The number of benzene rings is 1. The van der Waals surface area contributed by atoms with Crippen LogP contribution < -0.4 is 10.2 Å². The van der Waals surface area contributed by atoms with Crippen molar-refractivity contribution in [1.29, 1.82) is 0 Å². The second-order valence-corrected chi connectivity index (χ2v) is 7.48. The van der Waals surface area contributed by atoms with E-state index < -0.39 is 0 Å². The maximum atomic E-state index is 12.3. The van der Waals surface area contributed by atoms with E-state index in [9.17, 15) is 9.90 Å². The minimum atomic E-state index is 0.0143. The molecule has 1 aromatic carbocycles. The van der Waals surface area contributed by atoms with Gasteiger partial charge in [0.1, 0.15) is 0 Å². The number of hydrazone groups is 1. The van der Waals surface area contributed by atoms with E-state index >= 15 is 0 Å². The van der Waals surface area contributed by atoms with Gasteiger partial charge in [0, 0.05) is 5.92 Å². The maximum Gasteiger partial charge on any atom is 0.244 e. The van der Waals surface area contributed by atoms with Crippen LogP contribution in [0.2, 0.25) is 0 Å². The van der Waals surface area contributed by atoms with Crippen LogP contribution in [0.1, 0.15) is 38.2 Å². The molecule has 0 aliphatic heterocycles. The molecule has 2 fully saturated rings.